The van der Waals surface area contributed by atoms with E-state index >= 15 is 0 Å². The third-order valence-corrected chi connectivity index (χ3v) is 4.29. The van der Waals surface area contributed by atoms with Crippen molar-refractivity contribution in [2.45, 2.75) is 45.0 Å². The fraction of sp³-hybridized carbons (Fsp3) is 0.571. The number of ether oxygens (including phenoxy) is 1. The Morgan fingerprint density at radius 1 is 1.10 bits per heavy atom. The number of fused-ring (bicyclic) bond motifs is 1. The highest BCUT2D eigenvalue weighted by molar-refractivity contribution is 6.63. The number of anilines is 1. The van der Waals surface area contributed by atoms with E-state index < -0.39 is 31.0 Å². The minimum atomic E-state index is -3.24. The van der Waals surface area contributed by atoms with Crippen LogP contribution in [0.3, 0.4) is 0 Å². The highest BCUT2D eigenvalue weighted by Crippen LogP contribution is 2.39. The van der Waals surface area contributed by atoms with Crippen LogP contribution < -0.4 is 15.5 Å². The summed E-state index contributed by atoms with van der Waals surface area (Å²) in [6.45, 7) is 7.10. The molecule has 0 radical (unpaired) electrons. The van der Waals surface area contributed by atoms with E-state index in [0.717, 1.165) is 0 Å². The summed E-state index contributed by atoms with van der Waals surface area (Å²) in [6, 6.07) is 5.14. The lowest BCUT2D eigenvalue weighted by Crippen LogP contribution is -2.43. The predicted molar refractivity (Wildman–Crippen MR) is 76.2 cm³/mol. The lowest BCUT2D eigenvalue weighted by atomic mass is 9.78. The molecule has 4 nitrogen and oxygen atoms in total. The summed E-state index contributed by atoms with van der Waals surface area (Å²) in [5, 5.41) is 2.67. The molecule has 0 atom stereocenters. The summed E-state index contributed by atoms with van der Waals surface area (Å²) < 4.78 is 43.6. The van der Waals surface area contributed by atoms with Gasteiger partial charge in [-0.05, 0) is 33.8 Å². The molecule has 1 aromatic rings. The maximum absolute atomic E-state index is 13.5. The van der Waals surface area contributed by atoms with Crippen LogP contribution in [0.5, 0.6) is 5.75 Å². The fourth-order valence-electron chi connectivity index (χ4n) is 2.35. The van der Waals surface area contributed by atoms with Crippen molar-refractivity contribution in [3.63, 3.8) is 0 Å². The molecule has 0 amide bonds. The van der Waals surface area contributed by atoms with Crippen LogP contribution in [0, 0.1) is 0 Å². The third kappa shape index (κ3) is 2.38. The molecule has 7 heteroatoms. The standard InChI is InChI=1S/C14H18BF2NO3/c1-12(2)13(3,4)21-15(20-12)9-6-5-7-10-11(9)19-14(16,17)8-18-10/h5-7,18H,8H2,1-4H3. The highest BCUT2D eigenvalue weighted by Gasteiger charge is 2.53. The Balaban J connectivity index is 1.98. The van der Waals surface area contributed by atoms with Gasteiger partial charge < -0.3 is 19.4 Å². The van der Waals surface area contributed by atoms with Crippen LogP contribution in [-0.4, -0.2) is 31.0 Å². The lowest BCUT2D eigenvalue weighted by Gasteiger charge is -2.32. The van der Waals surface area contributed by atoms with E-state index in [-0.39, 0.29) is 5.75 Å². The normalized spacial score (nSPS) is 25.0. The Kier molecular flexibility index (Phi) is 3.01. The molecule has 21 heavy (non-hydrogen) atoms. The number of rotatable bonds is 1. The number of hydrogen-bond acceptors (Lipinski definition) is 4. The summed E-state index contributed by atoms with van der Waals surface area (Å²) in [5.74, 6) is 0.0900. The smallest absolute Gasteiger partial charge is 0.429 e. The maximum atomic E-state index is 13.5. The lowest BCUT2D eigenvalue weighted by molar-refractivity contribution is -0.166. The second-order valence-electron chi connectivity index (χ2n) is 6.41. The van der Waals surface area contributed by atoms with Crippen molar-refractivity contribution >= 4 is 18.3 Å². The zero-order chi connectivity index (χ0) is 15.5. The van der Waals surface area contributed by atoms with Gasteiger partial charge in [-0.1, -0.05) is 12.1 Å². The molecule has 0 spiro atoms. The quantitative estimate of drug-likeness (QED) is 0.808. The van der Waals surface area contributed by atoms with Crippen molar-refractivity contribution in [2.75, 3.05) is 11.9 Å². The minimum Gasteiger partial charge on any atom is -0.429 e. The molecule has 0 unspecified atom stereocenters. The number of benzene rings is 1. The molecule has 1 saturated heterocycles. The van der Waals surface area contributed by atoms with E-state index in [0.29, 0.717) is 11.2 Å². The summed E-state index contributed by atoms with van der Waals surface area (Å²) in [7, 11) is -0.736. The summed E-state index contributed by atoms with van der Waals surface area (Å²) in [4.78, 5) is 0. The molecular formula is C14H18BF2NO3. The van der Waals surface area contributed by atoms with Gasteiger partial charge in [-0.3, -0.25) is 0 Å². The molecule has 0 saturated carbocycles. The molecule has 0 bridgehead atoms. The van der Waals surface area contributed by atoms with Gasteiger partial charge in [0.1, 0.15) is 12.3 Å². The highest BCUT2D eigenvalue weighted by atomic mass is 19.3. The largest absolute Gasteiger partial charge is 0.498 e. The Morgan fingerprint density at radius 3 is 2.33 bits per heavy atom. The first-order chi connectivity index (χ1) is 9.61. The van der Waals surface area contributed by atoms with E-state index in [1.165, 1.54) is 0 Å². The molecule has 1 fully saturated rings. The van der Waals surface area contributed by atoms with Gasteiger partial charge in [0.2, 0.25) is 0 Å². The summed E-state index contributed by atoms with van der Waals surface area (Å²) in [6.07, 6.45) is -3.24. The first-order valence-corrected chi connectivity index (χ1v) is 6.91. The first-order valence-electron chi connectivity index (χ1n) is 6.91. The topological polar surface area (TPSA) is 39.7 Å². The summed E-state index contributed by atoms with van der Waals surface area (Å²) >= 11 is 0. The van der Waals surface area contributed by atoms with Gasteiger partial charge in [-0.2, -0.15) is 8.78 Å². The van der Waals surface area contributed by atoms with Gasteiger partial charge in [0.25, 0.3) is 0 Å². The second kappa shape index (κ2) is 4.33. The van der Waals surface area contributed by atoms with Gasteiger partial charge in [0.05, 0.1) is 16.9 Å². The SMILES string of the molecule is CC1(C)OB(c2cccc3c2OC(F)(F)CN3)OC1(C)C. The van der Waals surface area contributed by atoms with Gasteiger partial charge in [0, 0.05) is 5.46 Å². The van der Waals surface area contributed by atoms with Crippen LogP contribution in [0.15, 0.2) is 18.2 Å². The van der Waals surface area contributed by atoms with E-state index in [4.69, 9.17) is 14.0 Å². The van der Waals surface area contributed by atoms with Crippen LogP contribution >= 0.6 is 0 Å². The fourth-order valence-corrected chi connectivity index (χ4v) is 2.35. The minimum absolute atomic E-state index is 0.0900. The molecule has 1 N–H and O–H groups in total. The molecule has 2 aliphatic heterocycles. The number of alkyl halides is 2. The average Bonchev–Trinajstić information content (AvgIpc) is 2.56. The molecule has 3 rings (SSSR count). The van der Waals surface area contributed by atoms with Crippen LogP contribution in [0.25, 0.3) is 0 Å². The number of halogens is 2. The van der Waals surface area contributed by atoms with Crippen molar-refractivity contribution in [1.82, 2.24) is 0 Å². The Labute approximate surface area is 122 Å². The van der Waals surface area contributed by atoms with Gasteiger partial charge in [-0.15, -0.1) is 0 Å². The van der Waals surface area contributed by atoms with E-state index in [1.54, 1.807) is 18.2 Å². The number of hydrogen-bond donors (Lipinski definition) is 1. The predicted octanol–water partition coefficient (Wildman–Crippen LogP) is 2.38. The average molecular weight is 297 g/mol. The van der Waals surface area contributed by atoms with Gasteiger partial charge >= 0.3 is 13.2 Å². The van der Waals surface area contributed by atoms with E-state index in [2.05, 4.69) is 5.32 Å². The molecule has 114 valence electrons. The molecule has 0 aromatic heterocycles. The van der Waals surface area contributed by atoms with Crippen LogP contribution in [-0.2, 0) is 9.31 Å². The van der Waals surface area contributed by atoms with E-state index in [9.17, 15) is 8.78 Å². The molecule has 2 aliphatic rings. The Hall–Kier alpha value is -1.34. The molecule has 2 heterocycles. The Morgan fingerprint density at radius 2 is 1.71 bits per heavy atom. The summed E-state index contributed by atoms with van der Waals surface area (Å²) in [5.41, 5.74) is -0.0816. The third-order valence-electron chi connectivity index (χ3n) is 4.29. The van der Waals surface area contributed by atoms with Gasteiger partial charge in [-0.25, -0.2) is 0 Å². The van der Waals surface area contributed by atoms with Crippen molar-refractivity contribution in [3.05, 3.63) is 18.2 Å². The monoisotopic (exact) mass is 297 g/mol. The van der Waals surface area contributed by atoms with Crippen molar-refractivity contribution < 1.29 is 22.8 Å². The van der Waals surface area contributed by atoms with Gasteiger partial charge in [0.15, 0.2) is 0 Å². The molecule has 0 aliphatic carbocycles. The van der Waals surface area contributed by atoms with Crippen molar-refractivity contribution in [3.8, 4) is 5.75 Å². The number of para-hydroxylation sites is 1. The van der Waals surface area contributed by atoms with Crippen LogP contribution in [0.2, 0.25) is 0 Å². The van der Waals surface area contributed by atoms with Crippen LogP contribution in [0.1, 0.15) is 27.7 Å². The van der Waals surface area contributed by atoms with Crippen molar-refractivity contribution in [1.29, 1.82) is 0 Å². The number of nitrogens with one attached hydrogen (secondary N) is 1. The zero-order valence-electron chi connectivity index (χ0n) is 12.5. The first kappa shape index (κ1) is 14.6. The molecule has 1 aromatic carbocycles. The zero-order valence-corrected chi connectivity index (χ0v) is 12.5. The molecular weight excluding hydrogens is 279 g/mol. The Bertz CT molecular complexity index is 561. The van der Waals surface area contributed by atoms with Crippen LogP contribution in [0.4, 0.5) is 14.5 Å². The van der Waals surface area contributed by atoms with E-state index in [1.807, 2.05) is 27.7 Å². The maximum Gasteiger partial charge on any atom is 0.498 e. The van der Waals surface area contributed by atoms with Crippen molar-refractivity contribution in [2.24, 2.45) is 0 Å². The second-order valence-corrected chi connectivity index (χ2v) is 6.41.